The molecule has 0 unspecified atom stereocenters. The van der Waals surface area contributed by atoms with E-state index in [1.165, 1.54) is 6.07 Å². The first kappa shape index (κ1) is 13.2. The van der Waals surface area contributed by atoms with E-state index in [1.807, 2.05) is 22.6 Å². The molecule has 0 saturated heterocycles. The number of amides is 1. The summed E-state index contributed by atoms with van der Waals surface area (Å²) in [6, 6.07) is 4.69. The van der Waals surface area contributed by atoms with E-state index >= 15 is 0 Å². The molecule has 1 aromatic carbocycles. The molecule has 0 spiro atoms. The fourth-order valence-corrected chi connectivity index (χ4v) is 2.02. The molecule has 0 aliphatic carbocycles. The molecule has 0 aliphatic heterocycles. The molecule has 0 radical (unpaired) electrons. The van der Waals surface area contributed by atoms with Gasteiger partial charge in [-0.3, -0.25) is 4.79 Å². The minimum atomic E-state index is -1.12. The van der Waals surface area contributed by atoms with Crippen molar-refractivity contribution >= 4 is 46.1 Å². The van der Waals surface area contributed by atoms with E-state index in [0.717, 1.165) is 0 Å². The number of hydrogen-bond donors (Lipinski definition) is 2. The van der Waals surface area contributed by atoms with Crippen LogP contribution in [0.1, 0.15) is 20.7 Å². The second kappa shape index (κ2) is 6.05. The maximum absolute atomic E-state index is 11.7. The molecule has 16 heavy (non-hydrogen) atoms. The summed E-state index contributed by atoms with van der Waals surface area (Å²) in [7, 11) is 0. The Labute approximate surface area is 111 Å². The van der Waals surface area contributed by atoms with Crippen LogP contribution in [-0.2, 0) is 0 Å². The monoisotopic (exact) mass is 353 g/mol. The van der Waals surface area contributed by atoms with Gasteiger partial charge >= 0.3 is 5.97 Å². The molecule has 2 N–H and O–H groups in total. The van der Waals surface area contributed by atoms with Gasteiger partial charge in [0.25, 0.3) is 5.91 Å². The second-order valence-electron chi connectivity index (χ2n) is 2.91. The number of carbonyl (C=O) groups is 2. The average molecular weight is 354 g/mol. The Morgan fingerprint density at radius 1 is 1.44 bits per heavy atom. The first-order chi connectivity index (χ1) is 7.57. The lowest BCUT2D eigenvalue weighted by atomic mass is 10.1. The van der Waals surface area contributed by atoms with Crippen LogP contribution in [0.3, 0.4) is 0 Å². The molecular formula is C10H9ClINO3. The average Bonchev–Trinajstić information content (AvgIpc) is 2.25. The molecule has 0 atom stereocenters. The van der Waals surface area contributed by atoms with Crippen LogP contribution in [0.5, 0.6) is 0 Å². The van der Waals surface area contributed by atoms with Crippen molar-refractivity contribution in [3.05, 3.63) is 32.9 Å². The molecule has 0 fully saturated rings. The van der Waals surface area contributed by atoms with Crippen molar-refractivity contribution in [2.24, 2.45) is 0 Å². The third kappa shape index (κ3) is 3.08. The van der Waals surface area contributed by atoms with Gasteiger partial charge in [0.2, 0.25) is 0 Å². The zero-order valence-corrected chi connectivity index (χ0v) is 11.1. The van der Waals surface area contributed by atoms with Crippen molar-refractivity contribution in [2.45, 2.75) is 0 Å². The van der Waals surface area contributed by atoms with Crippen LogP contribution in [0.15, 0.2) is 18.2 Å². The van der Waals surface area contributed by atoms with Crippen LogP contribution in [0.4, 0.5) is 0 Å². The molecular weight excluding hydrogens is 344 g/mol. The fraction of sp³-hybridized carbons (Fsp3) is 0.200. The van der Waals surface area contributed by atoms with Crippen molar-refractivity contribution in [2.75, 3.05) is 12.4 Å². The number of alkyl halides is 1. The van der Waals surface area contributed by atoms with Crippen LogP contribution in [0, 0.1) is 3.57 Å². The minimum Gasteiger partial charge on any atom is -0.478 e. The van der Waals surface area contributed by atoms with E-state index in [0.29, 0.717) is 10.1 Å². The Kier molecular flexibility index (Phi) is 5.01. The summed E-state index contributed by atoms with van der Waals surface area (Å²) in [6.45, 7) is 0.310. The zero-order chi connectivity index (χ0) is 12.1. The van der Waals surface area contributed by atoms with Gasteiger partial charge in [0.15, 0.2) is 0 Å². The first-order valence-electron chi connectivity index (χ1n) is 4.44. The molecule has 0 bridgehead atoms. The highest BCUT2D eigenvalue weighted by molar-refractivity contribution is 14.1. The highest BCUT2D eigenvalue weighted by atomic mass is 127. The molecule has 0 heterocycles. The van der Waals surface area contributed by atoms with Gasteiger partial charge in [0.05, 0.1) is 11.1 Å². The second-order valence-corrected chi connectivity index (χ2v) is 4.45. The van der Waals surface area contributed by atoms with E-state index in [9.17, 15) is 9.59 Å². The number of rotatable bonds is 4. The molecule has 1 amide bonds. The topological polar surface area (TPSA) is 66.4 Å². The predicted molar refractivity (Wildman–Crippen MR) is 69.2 cm³/mol. The molecule has 1 rings (SSSR count). The summed E-state index contributed by atoms with van der Waals surface area (Å²) in [4.78, 5) is 22.7. The number of nitrogens with one attached hydrogen (secondary N) is 1. The Morgan fingerprint density at radius 2 is 2.12 bits per heavy atom. The maximum atomic E-state index is 11.7. The zero-order valence-electron chi connectivity index (χ0n) is 8.17. The largest absolute Gasteiger partial charge is 0.478 e. The summed E-state index contributed by atoms with van der Waals surface area (Å²) in [5.74, 6) is -1.24. The van der Waals surface area contributed by atoms with Crippen molar-refractivity contribution in [3.63, 3.8) is 0 Å². The molecule has 0 saturated carbocycles. The van der Waals surface area contributed by atoms with Crippen LogP contribution >= 0.6 is 34.2 Å². The van der Waals surface area contributed by atoms with Crippen LogP contribution in [0.25, 0.3) is 0 Å². The van der Waals surface area contributed by atoms with Gasteiger partial charge in [0.1, 0.15) is 0 Å². The van der Waals surface area contributed by atoms with Gasteiger partial charge in [-0.15, -0.1) is 11.6 Å². The Morgan fingerprint density at radius 3 is 2.69 bits per heavy atom. The molecule has 0 aliphatic rings. The Hall–Kier alpha value is -0.820. The molecule has 0 aromatic heterocycles. The number of halogens is 2. The number of benzene rings is 1. The molecule has 4 nitrogen and oxygen atoms in total. The first-order valence-corrected chi connectivity index (χ1v) is 6.05. The smallest absolute Gasteiger partial charge is 0.336 e. The fourth-order valence-electron chi connectivity index (χ4n) is 1.18. The van der Waals surface area contributed by atoms with Gasteiger partial charge < -0.3 is 10.4 Å². The van der Waals surface area contributed by atoms with Crippen molar-refractivity contribution in [1.82, 2.24) is 5.32 Å². The summed E-state index contributed by atoms with van der Waals surface area (Å²) in [6.07, 6.45) is 0. The summed E-state index contributed by atoms with van der Waals surface area (Å²) < 4.78 is 0.601. The highest BCUT2D eigenvalue weighted by Gasteiger charge is 2.18. The summed E-state index contributed by atoms with van der Waals surface area (Å²) >= 11 is 7.37. The highest BCUT2D eigenvalue weighted by Crippen LogP contribution is 2.17. The van der Waals surface area contributed by atoms with Crippen molar-refractivity contribution in [3.8, 4) is 0 Å². The number of carboxylic acid groups (broad SMARTS) is 1. The third-order valence-electron chi connectivity index (χ3n) is 1.85. The Balaban J connectivity index is 3.10. The van der Waals surface area contributed by atoms with Crippen LogP contribution in [0.2, 0.25) is 0 Å². The van der Waals surface area contributed by atoms with E-state index in [4.69, 9.17) is 16.7 Å². The van der Waals surface area contributed by atoms with Gasteiger partial charge in [-0.25, -0.2) is 4.79 Å². The summed E-state index contributed by atoms with van der Waals surface area (Å²) in [5.41, 5.74) is 0.180. The van der Waals surface area contributed by atoms with Gasteiger partial charge in [-0.05, 0) is 34.7 Å². The summed E-state index contributed by atoms with van der Waals surface area (Å²) in [5, 5.41) is 11.5. The number of carboxylic acids is 1. The number of carbonyl (C=O) groups excluding carboxylic acids is 1. The molecule has 1 aromatic rings. The standard InChI is InChI=1S/C10H9ClINO3/c11-4-5-13-9(14)8-6(10(15)16)2-1-3-7(8)12/h1-3H,4-5H2,(H,13,14)(H,15,16). The third-order valence-corrected chi connectivity index (χ3v) is 2.94. The lowest BCUT2D eigenvalue weighted by Gasteiger charge is -2.08. The Bertz CT molecular complexity index is 423. The lowest BCUT2D eigenvalue weighted by molar-refractivity contribution is 0.0691. The molecule has 86 valence electrons. The quantitative estimate of drug-likeness (QED) is 0.642. The number of hydrogen-bond acceptors (Lipinski definition) is 2. The van der Waals surface area contributed by atoms with Crippen LogP contribution in [-0.4, -0.2) is 29.4 Å². The van der Waals surface area contributed by atoms with E-state index < -0.39 is 11.9 Å². The van der Waals surface area contributed by atoms with Gasteiger partial charge in [0, 0.05) is 16.0 Å². The minimum absolute atomic E-state index is 0.000951. The molecule has 6 heteroatoms. The van der Waals surface area contributed by atoms with E-state index in [-0.39, 0.29) is 17.0 Å². The van der Waals surface area contributed by atoms with E-state index in [1.54, 1.807) is 12.1 Å². The van der Waals surface area contributed by atoms with Crippen molar-refractivity contribution < 1.29 is 14.7 Å². The predicted octanol–water partition coefficient (Wildman–Crippen LogP) is 1.96. The SMILES string of the molecule is O=C(O)c1cccc(I)c1C(=O)NCCCl. The number of aromatic carboxylic acids is 1. The lowest BCUT2D eigenvalue weighted by Crippen LogP contribution is -2.28. The van der Waals surface area contributed by atoms with Gasteiger partial charge in [-0.1, -0.05) is 6.07 Å². The maximum Gasteiger partial charge on any atom is 0.336 e. The van der Waals surface area contributed by atoms with Crippen LogP contribution < -0.4 is 5.32 Å². The van der Waals surface area contributed by atoms with Crippen molar-refractivity contribution in [1.29, 1.82) is 0 Å². The van der Waals surface area contributed by atoms with E-state index in [2.05, 4.69) is 5.32 Å². The normalized spacial score (nSPS) is 9.88. The van der Waals surface area contributed by atoms with Gasteiger partial charge in [-0.2, -0.15) is 0 Å².